The number of benzene rings is 2. The van der Waals surface area contributed by atoms with Crippen LogP contribution in [0.15, 0.2) is 55.1 Å². The van der Waals surface area contributed by atoms with Crippen LogP contribution >= 0.6 is 0 Å². The zero-order valence-corrected chi connectivity index (χ0v) is 23.0. The maximum absolute atomic E-state index is 14.0. The molecule has 0 aliphatic carbocycles. The molecule has 3 amide bonds. The summed E-state index contributed by atoms with van der Waals surface area (Å²) in [5.74, 6) is -2.18. The standard InChI is InChI=1S/C29H34N4O7/c1-6-19-8-7-9-21(16-19)25(26(36)31-18-24(35)39-5)33(15-14-30)27(37)23(32-28(38)40-29(2,3)4)17-20-10-12-22(34)13-11-20/h6-13,16,23,25,34H,1,15,17-18H2,2-5H3,(H,31,36)(H,32,38). The van der Waals surface area contributed by atoms with E-state index in [0.29, 0.717) is 16.7 Å². The Kier molecular flexibility index (Phi) is 11.2. The van der Waals surface area contributed by atoms with Crippen molar-refractivity contribution in [2.75, 3.05) is 20.2 Å². The van der Waals surface area contributed by atoms with Crippen LogP contribution in [0.2, 0.25) is 0 Å². The van der Waals surface area contributed by atoms with Crippen molar-refractivity contribution < 1.29 is 33.8 Å². The Morgan fingerprint density at radius 3 is 2.40 bits per heavy atom. The van der Waals surface area contributed by atoms with Gasteiger partial charge in [-0.3, -0.25) is 14.4 Å². The summed E-state index contributed by atoms with van der Waals surface area (Å²) in [7, 11) is 1.17. The molecule has 212 valence electrons. The van der Waals surface area contributed by atoms with Crippen LogP contribution < -0.4 is 10.6 Å². The molecule has 0 aromatic heterocycles. The summed E-state index contributed by atoms with van der Waals surface area (Å²) in [5.41, 5.74) is 0.734. The highest BCUT2D eigenvalue weighted by Gasteiger charge is 2.36. The number of aromatic hydroxyl groups is 1. The van der Waals surface area contributed by atoms with Crippen LogP contribution in [0.1, 0.15) is 43.5 Å². The molecule has 2 atom stereocenters. The molecule has 2 unspecified atom stereocenters. The number of amides is 3. The van der Waals surface area contributed by atoms with Gasteiger partial charge in [-0.2, -0.15) is 5.26 Å². The number of nitrogens with one attached hydrogen (secondary N) is 2. The van der Waals surface area contributed by atoms with Crippen molar-refractivity contribution in [3.63, 3.8) is 0 Å². The quantitative estimate of drug-likeness (QED) is 0.285. The minimum absolute atomic E-state index is 0.0160. The molecule has 0 saturated carbocycles. The van der Waals surface area contributed by atoms with Crippen LogP contribution in [0.5, 0.6) is 5.75 Å². The fourth-order valence-electron chi connectivity index (χ4n) is 3.75. The van der Waals surface area contributed by atoms with E-state index in [9.17, 15) is 29.5 Å². The van der Waals surface area contributed by atoms with Crippen LogP contribution in [0.25, 0.3) is 6.08 Å². The van der Waals surface area contributed by atoms with E-state index in [4.69, 9.17) is 4.74 Å². The number of nitriles is 1. The van der Waals surface area contributed by atoms with Gasteiger partial charge in [-0.1, -0.05) is 43.0 Å². The van der Waals surface area contributed by atoms with E-state index >= 15 is 0 Å². The average Bonchev–Trinajstić information content (AvgIpc) is 2.90. The fraction of sp³-hybridized carbons (Fsp3) is 0.345. The monoisotopic (exact) mass is 550 g/mol. The summed E-state index contributed by atoms with van der Waals surface area (Å²) in [4.78, 5) is 52.9. The smallest absolute Gasteiger partial charge is 0.408 e. The zero-order chi connectivity index (χ0) is 29.9. The summed E-state index contributed by atoms with van der Waals surface area (Å²) in [6, 6.07) is 12.0. The normalized spacial score (nSPS) is 12.2. The van der Waals surface area contributed by atoms with Crippen molar-refractivity contribution in [1.82, 2.24) is 15.5 Å². The highest BCUT2D eigenvalue weighted by Crippen LogP contribution is 2.25. The molecule has 0 aliphatic heterocycles. The highest BCUT2D eigenvalue weighted by atomic mass is 16.6. The van der Waals surface area contributed by atoms with Crippen molar-refractivity contribution in [1.29, 1.82) is 5.26 Å². The van der Waals surface area contributed by atoms with Gasteiger partial charge in [0.2, 0.25) is 11.8 Å². The number of carbonyl (C=O) groups excluding carboxylic acids is 4. The number of phenols is 1. The third-order valence-corrected chi connectivity index (χ3v) is 5.55. The Bertz CT molecular complexity index is 1260. The molecule has 0 fully saturated rings. The van der Waals surface area contributed by atoms with Gasteiger partial charge in [0.1, 0.15) is 36.5 Å². The van der Waals surface area contributed by atoms with Gasteiger partial charge in [0.15, 0.2) is 0 Å². The first-order valence-electron chi connectivity index (χ1n) is 12.4. The Morgan fingerprint density at radius 2 is 1.82 bits per heavy atom. The Morgan fingerprint density at radius 1 is 1.15 bits per heavy atom. The van der Waals surface area contributed by atoms with Crippen molar-refractivity contribution >= 4 is 30.0 Å². The van der Waals surface area contributed by atoms with E-state index in [1.807, 2.05) is 6.07 Å². The Balaban J connectivity index is 2.55. The summed E-state index contributed by atoms with van der Waals surface area (Å²) < 4.78 is 9.94. The van der Waals surface area contributed by atoms with Gasteiger partial charge in [0.05, 0.1) is 13.2 Å². The molecular formula is C29H34N4O7. The number of methoxy groups -OCH3 is 1. The number of carbonyl (C=O) groups is 4. The second-order valence-electron chi connectivity index (χ2n) is 9.76. The van der Waals surface area contributed by atoms with E-state index in [1.54, 1.807) is 63.2 Å². The Hall–Kier alpha value is -4.85. The topological polar surface area (TPSA) is 158 Å². The third kappa shape index (κ3) is 9.47. The average molecular weight is 551 g/mol. The van der Waals surface area contributed by atoms with Crippen molar-refractivity contribution in [3.05, 3.63) is 71.8 Å². The van der Waals surface area contributed by atoms with Crippen LogP contribution in [0.3, 0.4) is 0 Å². The molecule has 0 spiro atoms. The first-order valence-corrected chi connectivity index (χ1v) is 12.4. The second kappa shape index (κ2) is 14.3. The number of ether oxygens (including phenoxy) is 2. The SMILES string of the molecule is C=Cc1cccc(C(C(=O)NCC(=O)OC)N(CC#N)C(=O)C(Cc2ccc(O)cc2)NC(=O)OC(C)(C)C)c1. The van der Waals surface area contributed by atoms with Gasteiger partial charge < -0.3 is 30.1 Å². The van der Waals surface area contributed by atoms with Gasteiger partial charge in [0, 0.05) is 6.42 Å². The fourth-order valence-corrected chi connectivity index (χ4v) is 3.75. The first-order chi connectivity index (χ1) is 18.9. The molecule has 0 saturated heterocycles. The summed E-state index contributed by atoms with van der Waals surface area (Å²) in [5, 5.41) is 24.3. The summed E-state index contributed by atoms with van der Waals surface area (Å²) in [6.45, 7) is 7.75. The maximum atomic E-state index is 14.0. The predicted octanol–water partition coefficient (Wildman–Crippen LogP) is 2.85. The molecule has 2 aromatic rings. The van der Waals surface area contributed by atoms with Crippen LogP contribution in [0.4, 0.5) is 4.79 Å². The first kappa shape index (κ1) is 31.4. The second-order valence-corrected chi connectivity index (χ2v) is 9.76. The molecule has 2 rings (SSSR count). The maximum Gasteiger partial charge on any atom is 0.408 e. The van der Waals surface area contributed by atoms with Crippen molar-refractivity contribution in [2.24, 2.45) is 0 Å². The number of nitrogens with zero attached hydrogens (tertiary/aromatic N) is 2. The largest absolute Gasteiger partial charge is 0.508 e. The van der Waals surface area contributed by atoms with Crippen molar-refractivity contribution in [3.8, 4) is 11.8 Å². The molecule has 0 radical (unpaired) electrons. The summed E-state index contributed by atoms with van der Waals surface area (Å²) in [6.07, 6.45) is 0.645. The van der Waals surface area contributed by atoms with Crippen LogP contribution in [-0.2, 0) is 30.3 Å². The predicted molar refractivity (Wildman–Crippen MR) is 147 cm³/mol. The van der Waals surface area contributed by atoms with Gasteiger partial charge in [-0.05, 0) is 55.7 Å². The lowest BCUT2D eigenvalue weighted by Gasteiger charge is -2.33. The lowest BCUT2D eigenvalue weighted by Crippen LogP contribution is -2.54. The Labute approximate surface area is 233 Å². The van der Waals surface area contributed by atoms with Gasteiger partial charge in [-0.25, -0.2) is 4.79 Å². The van der Waals surface area contributed by atoms with E-state index in [-0.39, 0.29) is 12.2 Å². The molecule has 0 aliphatic rings. The van der Waals surface area contributed by atoms with Gasteiger partial charge >= 0.3 is 12.1 Å². The molecule has 2 aromatic carbocycles. The molecule has 0 heterocycles. The van der Waals surface area contributed by atoms with Crippen LogP contribution in [0, 0.1) is 11.3 Å². The number of phenolic OH excluding ortho intramolecular Hbond substituents is 1. The lowest BCUT2D eigenvalue weighted by molar-refractivity contribution is -0.144. The lowest BCUT2D eigenvalue weighted by atomic mass is 9.99. The number of esters is 1. The van der Waals surface area contributed by atoms with E-state index in [0.717, 1.165) is 4.90 Å². The molecule has 40 heavy (non-hydrogen) atoms. The van der Waals surface area contributed by atoms with E-state index < -0.39 is 54.7 Å². The van der Waals surface area contributed by atoms with E-state index in [2.05, 4.69) is 21.9 Å². The van der Waals surface area contributed by atoms with E-state index in [1.165, 1.54) is 19.2 Å². The minimum Gasteiger partial charge on any atom is -0.508 e. The van der Waals surface area contributed by atoms with Crippen LogP contribution in [-0.4, -0.2) is 65.7 Å². The molecule has 3 N–H and O–H groups in total. The van der Waals surface area contributed by atoms with Gasteiger partial charge in [-0.15, -0.1) is 0 Å². The summed E-state index contributed by atoms with van der Waals surface area (Å²) >= 11 is 0. The molecule has 11 nitrogen and oxygen atoms in total. The minimum atomic E-state index is -1.35. The molecule has 0 bridgehead atoms. The zero-order valence-electron chi connectivity index (χ0n) is 23.0. The third-order valence-electron chi connectivity index (χ3n) is 5.55. The van der Waals surface area contributed by atoms with Gasteiger partial charge in [0.25, 0.3) is 0 Å². The number of hydrogen-bond acceptors (Lipinski definition) is 8. The van der Waals surface area contributed by atoms with Crippen molar-refractivity contribution in [2.45, 2.75) is 44.9 Å². The molecular weight excluding hydrogens is 516 g/mol. The highest BCUT2D eigenvalue weighted by molar-refractivity contribution is 5.93. The number of rotatable bonds is 11. The number of hydrogen-bond donors (Lipinski definition) is 3. The number of alkyl carbamates (subject to hydrolysis) is 1. The molecule has 11 heteroatoms.